The maximum atomic E-state index is 12.7. The molecule has 0 aliphatic carbocycles. The second kappa shape index (κ2) is 6.92. The molecule has 1 aromatic heterocycles. The summed E-state index contributed by atoms with van der Waals surface area (Å²) in [5, 5.41) is 10.4. The number of hydrogen-bond acceptors (Lipinski definition) is 3. The van der Waals surface area contributed by atoms with Gasteiger partial charge < -0.3 is 10.0 Å². The van der Waals surface area contributed by atoms with Gasteiger partial charge in [-0.15, -0.1) is 0 Å². The summed E-state index contributed by atoms with van der Waals surface area (Å²) >= 11 is 0. The summed E-state index contributed by atoms with van der Waals surface area (Å²) in [4.78, 5) is 18.8. The number of likely N-dealkylation sites (tertiary alicyclic amines) is 1. The summed E-state index contributed by atoms with van der Waals surface area (Å²) in [7, 11) is 0. The quantitative estimate of drug-likeness (QED) is 0.944. The van der Waals surface area contributed by atoms with Gasteiger partial charge in [-0.3, -0.25) is 9.78 Å². The minimum absolute atomic E-state index is 0.0141. The molecule has 1 aliphatic rings. The number of carbonyl (C=O) groups excluding carboxylic acids is 1. The Morgan fingerprint density at radius 3 is 2.78 bits per heavy atom. The van der Waals surface area contributed by atoms with Crippen LogP contribution in [0.25, 0.3) is 0 Å². The molecule has 3 rings (SSSR count). The third-order valence-electron chi connectivity index (χ3n) is 4.48. The van der Waals surface area contributed by atoms with Crippen molar-refractivity contribution >= 4 is 5.91 Å². The number of aliphatic hydroxyl groups excluding tert-OH is 1. The average molecular weight is 310 g/mol. The van der Waals surface area contributed by atoms with Crippen LogP contribution in [0.4, 0.5) is 0 Å². The van der Waals surface area contributed by atoms with E-state index in [2.05, 4.69) is 4.98 Å². The van der Waals surface area contributed by atoms with Crippen LogP contribution in [0.3, 0.4) is 0 Å². The first-order valence-electron chi connectivity index (χ1n) is 8.12. The van der Waals surface area contributed by atoms with Gasteiger partial charge in [0.2, 0.25) is 0 Å². The first-order chi connectivity index (χ1) is 11.1. The van der Waals surface area contributed by atoms with Gasteiger partial charge in [-0.1, -0.05) is 30.3 Å². The normalized spacial score (nSPS) is 18.9. The lowest BCUT2D eigenvalue weighted by Gasteiger charge is -2.26. The summed E-state index contributed by atoms with van der Waals surface area (Å²) in [6.07, 6.45) is 3.60. The van der Waals surface area contributed by atoms with Crippen molar-refractivity contribution in [3.8, 4) is 0 Å². The van der Waals surface area contributed by atoms with E-state index >= 15 is 0 Å². The highest BCUT2D eigenvalue weighted by molar-refractivity contribution is 5.94. The summed E-state index contributed by atoms with van der Waals surface area (Å²) in [6.45, 7) is 2.65. The van der Waals surface area contributed by atoms with Crippen LogP contribution in [-0.4, -0.2) is 33.5 Å². The van der Waals surface area contributed by atoms with Gasteiger partial charge in [-0.2, -0.15) is 0 Å². The molecule has 1 fully saturated rings. The van der Waals surface area contributed by atoms with Crippen molar-refractivity contribution in [1.29, 1.82) is 0 Å². The highest BCUT2D eigenvalue weighted by Gasteiger charge is 2.31. The number of benzene rings is 1. The molecule has 0 bridgehead atoms. The minimum atomic E-state index is -0.536. The number of hydrogen-bond donors (Lipinski definition) is 1. The van der Waals surface area contributed by atoms with Crippen molar-refractivity contribution in [1.82, 2.24) is 9.88 Å². The van der Waals surface area contributed by atoms with Crippen LogP contribution >= 0.6 is 0 Å². The number of aromatic nitrogens is 1. The van der Waals surface area contributed by atoms with Crippen LogP contribution in [0.5, 0.6) is 0 Å². The minimum Gasteiger partial charge on any atom is -0.388 e. The Bertz CT molecular complexity index is 655. The van der Waals surface area contributed by atoms with Gasteiger partial charge in [0, 0.05) is 24.5 Å². The Hall–Kier alpha value is -2.20. The predicted octanol–water partition coefficient (Wildman–Crippen LogP) is 3.12. The molecule has 23 heavy (non-hydrogen) atoms. The molecule has 2 atom stereocenters. The van der Waals surface area contributed by atoms with Crippen molar-refractivity contribution in [2.45, 2.75) is 38.3 Å². The lowest BCUT2D eigenvalue weighted by Crippen LogP contribution is -2.36. The maximum absolute atomic E-state index is 12.7. The van der Waals surface area contributed by atoms with E-state index in [0.29, 0.717) is 12.0 Å². The number of carbonyl (C=O) groups is 1. The van der Waals surface area contributed by atoms with Gasteiger partial charge in [-0.05, 0) is 43.9 Å². The Morgan fingerprint density at radius 1 is 1.30 bits per heavy atom. The van der Waals surface area contributed by atoms with Gasteiger partial charge in [-0.25, -0.2) is 0 Å². The number of nitrogens with zero attached hydrogens (tertiary/aromatic N) is 2. The summed E-state index contributed by atoms with van der Waals surface area (Å²) in [5.41, 5.74) is 2.43. The van der Waals surface area contributed by atoms with Gasteiger partial charge in [0.25, 0.3) is 5.91 Å². The molecular formula is C19H22N2O2. The molecule has 4 nitrogen and oxygen atoms in total. The van der Waals surface area contributed by atoms with Crippen LogP contribution < -0.4 is 0 Å². The molecule has 0 radical (unpaired) electrons. The fourth-order valence-electron chi connectivity index (χ4n) is 3.18. The van der Waals surface area contributed by atoms with Gasteiger partial charge in [0.15, 0.2) is 0 Å². The number of pyridine rings is 1. The molecule has 0 saturated carbocycles. The highest BCUT2D eigenvalue weighted by atomic mass is 16.3. The molecule has 1 amide bonds. The third-order valence-corrected chi connectivity index (χ3v) is 4.48. The number of aliphatic hydroxyl groups is 1. The number of rotatable bonds is 4. The SMILES string of the molecule is Cc1ccc(C(=O)N2CCC[C@@H]2C[C@H](O)c2ccccc2)cn1. The molecule has 0 unspecified atom stereocenters. The van der Waals surface area contributed by atoms with Crippen LogP contribution in [0.15, 0.2) is 48.7 Å². The maximum Gasteiger partial charge on any atom is 0.255 e. The molecule has 2 aromatic rings. The van der Waals surface area contributed by atoms with Gasteiger partial charge in [0.1, 0.15) is 0 Å². The highest BCUT2D eigenvalue weighted by Crippen LogP contribution is 2.28. The van der Waals surface area contributed by atoms with E-state index in [1.807, 2.05) is 54.3 Å². The van der Waals surface area contributed by atoms with E-state index in [-0.39, 0.29) is 11.9 Å². The summed E-state index contributed by atoms with van der Waals surface area (Å²) in [5.74, 6) is 0.0141. The molecule has 1 aromatic carbocycles. The Morgan fingerprint density at radius 2 is 2.09 bits per heavy atom. The fourth-order valence-corrected chi connectivity index (χ4v) is 3.18. The zero-order chi connectivity index (χ0) is 16.2. The lowest BCUT2D eigenvalue weighted by molar-refractivity contribution is 0.0666. The number of amides is 1. The van der Waals surface area contributed by atoms with Crippen molar-refractivity contribution < 1.29 is 9.90 Å². The van der Waals surface area contributed by atoms with E-state index in [9.17, 15) is 9.90 Å². The van der Waals surface area contributed by atoms with Crippen LogP contribution in [0.2, 0.25) is 0 Å². The van der Waals surface area contributed by atoms with Gasteiger partial charge in [0.05, 0.1) is 11.7 Å². The van der Waals surface area contributed by atoms with E-state index in [0.717, 1.165) is 30.6 Å². The summed E-state index contributed by atoms with van der Waals surface area (Å²) < 4.78 is 0. The lowest BCUT2D eigenvalue weighted by atomic mass is 10.0. The first kappa shape index (κ1) is 15.7. The van der Waals surface area contributed by atoms with Crippen molar-refractivity contribution in [3.05, 3.63) is 65.5 Å². The Kier molecular flexibility index (Phi) is 4.72. The van der Waals surface area contributed by atoms with E-state index < -0.39 is 6.10 Å². The predicted molar refractivity (Wildman–Crippen MR) is 89.1 cm³/mol. The van der Waals surface area contributed by atoms with Crippen LogP contribution in [-0.2, 0) is 0 Å². The van der Waals surface area contributed by atoms with Gasteiger partial charge >= 0.3 is 0 Å². The molecular weight excluding hydrogens is 288 g/mol. The van der Waals surface area contributed by atoms with E-state index in [1.54, 1.807) is 6.20 Å². The van der Waals surface area contributed by atoms with E-state index in [1.165, 1.54) is 0 Å². The van der Waals surface area contributed by atoms with Crippen molar-refractivity contribution in [2.24, 2.45) is 0 Å². The zero-order valence-corrected chi connectivity index (χ0v) is 13.4. The third kappa shape index (κ3) is 3.59. The van der Waals surface area contributed by atoms with E-state index in [4.69, 9.17) is 0 Å². The molecule has 120 valence electrons. The standard InChI is InChI=1S/C19H22N2O2/c1-14-9-10-16(13-20-14)19(23)21-11-5-8-17(21)12-18(22)15-6-3-2-4-7-15/h2-4,6-7,9-10,13,17-18,22H,5,8,11-12H2,1H3/t17-,18+/m1/s1. The number of aryl methyl sites for hydroxylation is 1. The zero-order valence-electron chi connectivity index (χ0n) is 13.4. The monoisotopic (exact) mass is 310 g/mol. The van der Waals surface area contributed by atoms with Crippen molar-refractivity contribution in [2.75, 3.05) is 6.54 Å². The molecule has 1 saturated heterocycles. The molecule has 2 heterocycles. The Labute approximate surface area is 136 Å². The topological polar surface area (TPSA) is 53.4 Å². The van der Waals surface area contributed by atoms with Crippen LogP contribution in [0.1, 0.15) is 47.0 Å². The second-order valence-electron chi connectivity index (χ2n) is 6.15. The largest absolute Gasteiger partial charge is 0.388 e. The average Bonchev–Trinajstić information content (AvgIpc) is 3.04. The van der Waals surface area contributed by atoms with Crippen LogP contribution in [0, 0.1) is 6.92 Å². The second-order valence-corrected chi connectivity index (χ2v) is 6.15. The Balaban J connectivity index is 1.70. The van der Waals surface area contributed by atoms with Crippen molar-refractivity contribution in [3.63, 3.8) is 0 Å². The first-order valence-corrected chi connectivity index (χ1v) is 8.12. The molecule has 1 N–H and O–H groups in total. The summed E-state index contributed by atoms with van der Waals surface area (Å²) in [6, 6.07) is 13.4. The molecule has 0 spiro atoms. The molecule has 4 heteroatoms. The smallest absolute Gasteiger partial charge is 0.255 e. The fraction of sp³-hybridized carbons (Fsp3) is 0.368. The molecule has 1 aliphatic heterocycles.